The van der Waals surface area contributed by atoms with Crippen LogP contribution in [0.25, 0.3) is 16.9 Å². The zero-order valence-corrected chi connectivity index (χ0v) is 11.0. The fourth-order valence-electron chi connectivity index (χ4n) is 2.08. The summed E-state index contributed by atoms with van der Waals surface area (Å²) < 4.78 is 15.1. The smallest absolute Gasteiger partial charge is 0.123 e. The van der Waals surface area contributed by atoms with Crippen molar-refractivity contribution in [2.75, 3.05) is 0 Å². The van der Waals surface area contributed by atoms with Crippen LogP contribution in [0.2, 0.25) is 0 Å². The molecular weight excluding hydrogens is 257 g/mol. The highest BCUT2D eigenvalue weighted by Crippen LogP contribution is 2.24. The van der Waals surface area contributed by atoms with E-state index in [1.165, 1.54) is 12.1 Å². The van der Waals surface area contributed by atoms with Gasteiger partial charge in [-0.25, -0.2) is 4.39 Å². The second-order valence-electron chi connectivity index (χ2n) is 4.29. The van der Waals surface area contributed by atoms with Gasteiger partial charge in [-0.2, -0.15) is 0 Å². The van der Waals surface area contributed by atoms with Crippen molar-refractivity contribution < 1.29 is 4.39 Å². The van der Waals surface area contributed by atoms with E-state index in [-0.39, 0.29) is 5.82 Å². The summed E-state index contributed by atoms with van der Waals surface area (Å²) in [6.45, 7) is 0. The van der Waals surface area contributed by atoms with Crippen molar-refractivity contribution in [2.45, 2.75) is 4.90 Å². The van der Waals surface area contributed by atoms with Crippen molar-refractivity contribution >= 4 is 12.6 Å². The Morgan fingerprint density at radius 3 is 2.21 bits per heavy atom. The van der Waals surface area contributed by atoms with Gasteiger partial charge in [-0.05, 0) is 66.2 Å². The average molecular weight is 269 g/mol. The monoisotopic (exact) mass is 269 g/mol. The number of hydrogen-bond donors (Lipinski definition) is 1. The quantitative estimate of drug-likeness (QED) is 0.650. The van der Waals surface area contributed by atoms with Gasteiger partial charge in [0.2, 0.25) is 0 Å². The molecule has 3 rings (SSSR count). The third kappa shape index (κ3) is 2.42. The van der Waals surface area contributed by atoms with Gasteiger partial charge in [0, 0.05) is 16.8 Å². The molecule has 0 saturated heterocycles. The van der Waals surface area contributed by atoms with Crippen LogP contribution in [0.1, 0.15) is 0 Å². The van der Waals surface area contributed by atoms with Crippen LogP contribution in [0, 0.1) is 5.82 Å². The SMILES string of the molecule is Fc1ccc(-c2cccn2-c2ccc(S)cc2)cc1. The molecule has 94 valence electrons. The number of hydrogen-bond acceptors (Lipinski definition) is 1. The first-order chi connectivity index (χ1) is 9.24. The van der Waals surface area contributed by atoms with Crippen molar-refractivity contribution in [3.05, 3.63) is 72.7 Å². The molecule has 0 radical (unpaired) electrons. The maximum Gasteiger partial charge on any atom is 0.123 e. The minimum Gasteiger partial charge on any atom is -0.317 e. The van der Waals surface area contributed by atoms with Gasteiger partial charge in [0.25, 0.3) is 0 Å². The van der Waals surface area contributed by atoms with E-state index in [9.17, 15) is 4.39 Å². The second kappa shape index (κ2) is 4.94. The van der Waals surface area contributed by atoms with Gasteiger partial charge >= 0.3 is 0 Å². The number of benzene rings is 2. The molecule has 0 N–H and O–H groups in total. The summed E-state index contributed by atoms with van der Waals surface area (Å²) in [4.78, 5) is 0.930. The molecule has 1 heterocycles. The van der Waals surface area contributed by atoms with Gasteiger partial charge in [-0.3, -0.25) is 0 Å². The van der Waals surface area contributed by atoms with Gasteiger partial charge in [-0.15, -0.1) is 12.6 Å². The van der Waals surface area contributed by atoms with Crippen LogP contribution < -0.4 is 0 Å². The first-order valence-corrected chi connectivity index (χ1v) is 6.41. The van der Waals surface area contributed by atoms with Crippen LogP contribution in [0.3, 0.4) is 0 Å². The summed E-state index contributed by atoms with van der Waals surface area (Å²) in [7, 11) is 0. The maximum absolute atomic E-state index is 13.0. The van der Waals surface area contributed by atoms with Gasteiger partial charge in [0.15, 0.2) is 0 Å². The van der Waals surface area contributed by atoms with Crippen LogP contribution in [0.4, 0.5) is 4.39 Å². The van der Waals surface area contributed by atoms with Gasteiger partial charge < -0.3 is 4.57 Å². The molecule has 19 heavy (non-hydrogen) atoms. The number of halogens is 1. The fraction of sp³-hybridized carbons (Fsp3) is 0. The van der Waals surface area contributed by atoms with Crippen molar-refractivity contribution in [1.82, 2.24) is 4.57 Å². The minimum absolute atomic E-state index is 0.221. The molecule has 2 aromatic carbocycles. The Labute approximate surface area is 116 Å². The molecule has 0 bridgehead atoms. The Hall–Kier alpha value is -2.00. The predicted molar refractivity (Wildman–Crippen MR) is 78.4 cm³/mol. The Bertz CT molecular complexity index is 624. The normalized spacial score (nSPS) is 10.6. The molecule has 3 heteroatoms. The van der Waals surface area contributed by atoms with Crippen molar-refractivity contribution in [3.8, 4) is 16.9 Å². The zero-order valence-electron chi connectivity index (χ0n) is 10.1. The molecule has 1 nitrogen and oxygen atoms in total. The number of nitrogens with zero attached hydrogens (tertiary/aromatic N) is 1. The van der Waals surface area contributed by atoms with E-state index >= 15 is 0 Å². The van der Waals surface area contributed by atoms with Gasteiger partial charge in [0.1, 0.15) is 5.82 Å². The van der Waals surface area contributed by atoms with E-state index in [0.29, 0.717) is 0 Å². The fourth-order valence-corrected chi connectivity index (χ4v) is 2.22. The summed E-state index contributed by atoms with van der Waals surface area (Å²) in [5.41, 5.74) is 3.08. The second-order valence-corrected chi connectivity index (χ2v) is 4.80. The third-order valence-electron chi connectivity index (χ3n) is 3.02. The highest BCUT2D eigenvalue weighted by molar-refractivity contribution is 7.80. The highest BCUT2D eigenvalue weighted by atomic mass is 32.1. The molecular formula is C16H12FNS. The summed E-state index contributed by atoms with van der Waals surface area (Å²) in [5, 5.41) is 0. The standard InChI is InChI=1S/C16H12FNS/c17-13-5-3-12(4-6-13)16-2-1-11-18(16)14-7-9-15(19)10-8-14/h1-11,19H. The predicted octanol–water partition coefficient (Wildman–Crippen LogP) is 4.57. The van der Waals surface area contributed by atoms with Gasteiger partial charge in [-0.1, -0.05) is 0 Å². The topological polar surface area (TPSA) is 4.93 Å². The maximum atomic E-state index is 13.0. The van der Waals surface area contributed by atoms with E-state index in [0.717, 1.165) is 21.8 Å². The first-order valence-electron chi connectivity index (χ1n) is 5.97. The van der Waals surface area contributed by atoms with Crippen molar-refractivity contribution in [3.63, 3.8) is 0 Å². The Morgan fingerprint density at radius 2 is 1.53 bits per heavy atom. The molecule has 0 unspecified atom stereocenters. The summed E-state index contributed by atoms with van der Waals surface area (Å²) in [6.07, 6.45) is 1.99. The molecule has 0 amide bonds. The molecule has 1 aromatic heterocycles. The zero-order chi connectivity index (χ0) is 13.2. The van der Waals surface area contributed by atoms with E-state index in [2.05, 4.69) is 17.2 Å². The van der Waals surface area contributed by atoms with Crippen LogP contribution in [0.5, 0.6) is 0 Å². The lowest BCUT2D eigenvalue weighted by Gasteiger charge is -2.09. The van der Waals surface area contributed by atoms with Gasteiger partial charge in [0.05, 0.1) is 5.69 Å². The summed E-state index contributed by atoms with van der Waals surface area (Å²) in [6, 6.07) is 18.4. The van der Waals surface area contributed by atoms with E-state index < -0.39 is 0 Å². The Balaban J connectivity index is 2.07. The molecule has 0 spiro atoms. The Kier molecular flexibility index (Phi) is 3.13. The highest BCUT2D eigenvalue weighted by Gasteiger charge is 2.05. The van der Waals surface area contributed by atoms with Crippen LogP contribution >= 0.6 is 12.6 Å². The molecule has 0 fully saturated rings. The number of rotatable bonds is 2. The molecule has 0 aliphatic carbocycles. The number of thiol groups is 1. The summed E-state index contributed by atoms with van der Waals surface area (Å²) in [5.74, 6) is -0.221. The third-order valence-corrected chi connectivity index (χ3v) is 3.31. The number of aromatic nitrogens is 1. The van der Waals surface area contributed by atoms with Crippen LogP contribution in [0.15, 0.2) is 71.8 Å². The van der Waals surface area contributed by atoms with Crippen LogP contribution in [-0.4, -0.2) is 4.57 Å². The van der Waals surface area contributed by atoms with Crippen molar-refractivity contribution in [2.24, 2.45) is 0 Å². The average Bonchev–Trinajstić information content (AvgIpc) is 2.90. The van der Waals surface area contributed by atoms with Crippen LogP contribution in [-0.2, 0) is 0 Å². The summed E-state index contributed by atoms with van der Waals surface area (Å²) >= 11 is 4.29. The van der Waals surface area contributed by atoms with E-state index in [4.69, 9.17) is 0 Å². The molecule has 0 atom stereocenters. The largest absolute Gasteiger partial charge is 0.317 e. The lowest BCUT2D eigenvalue weighted by molar-refractivity contribution is 0.628. The minimum atomic E-state index is -0.221. The lowest BCUT2D eigenvalue weighted by Crippen LogP contribution is -1.94. The lowest BCUT2D eigenvalue weighted by atomic mass is 10.1. The Morgan fingerprint density at radius 1 is 0.842 bits per heavy atom. The first kappa shape index (κ1) is 12.1. The van der Waals surface area contributed by atoms with E-state index in [1.807, 2.05) is 42.6 Å². The molecule has 3 aromatic rings. The van der Waals surface area contributed by atoms with Crippen molar-refractivity contribution in [1.29, 1.82) is 0 Å². The molecule has 0 saturated carbocycles. The molecule has 0 aliphatic rings. The van der Waals surface area contributed by atoms with E-state index in [1.54, 1.807) is 12.1 Å². The molecule has 0 aliphatic heterocycles.